The first-order chi connectivity index (χ1) is 8.10. The molecule has 0 saturated heterocycles. The van der Waals surface area contributed by atoms with Crippen molar-refractivity contribution in [3.63, 3.8) is 0 Å². The number of aromatic carboxylic acids is 1. The number of benzene rings is 1. The third-order valence-electron chi connectivity index (χ3n) is 2.51. The summed E-state index contributed by atoms with van der Waals surface area (Å²) < 4.78 is 5.00. The molecule has 0 amide bonds. The Balaban J connectivity index is 3.08. The van der Waals surface area contributed by atoms with Gasteiger partial charge in [-0.05, 0) is 24.6 Å². The predicted molar refractivity (Wildman–Crippen MR) is 63.8 cm³/mol. The lowest BCUT2D eigenvalue weighted by Gasteiger charge is -2.07. The number of carboxylic acid groups (broad SMARTS) is 1. The monoisotopic (exact) mass is 236 g/mol. The molecular weight excluding hydrogens is 220 g/mol. The second kappa shape index (κ2) is 6.03. The molecule has 4 nitrogen and oxygen atoms in total. The number of rotatable bonds is 6. The van der Waals surface area contributed by atoms with Crippen molar-refractivity contribution in [3.8, 4) is 5.75 Å². The molecule has 0 spiro atoms. The van der Waals surface area contributed by atoms with Crippen molar-refractivity contribution in [1.29, 1.82) is 0 Å². The molecule has 0 saturated carbocycles. The summed E-state index contributed by atoms with van der Waals surface area (Å²) in [4.78, 5) is 22.9. The summed E-state index contributed by atoms with van der Waals surface area (Å²) >= 11 is 0. The van der Waals surface area contributed by atoms with Gasteiger partial charge in [-0.15, -0.1) is 0 Å². The normalized spacial score (nSPS) is 10.0. The highest BCUT2D eigenvalue weighted by atomic mass is 16.5. The van der Waals surface area contributed by atoms with Crippen LogP contribution in [0.1, 0.15) is 46.9 Å². The van der Waals surface area contributed by atoms with Gasteiger partial charge in [0.1, 0.15) is 5.75 Å². The lowest BCUT2D eigenvalue weighted by Crippen LogP contribution is -2.08. The van der Waals surface area contributed by atoms with Gasteiger partial charge in [0.15, 0.2) is 5.78 Å². The van der Waals surface area contributed by atoms with E-state index >= 15 is 0 Å². The fourth-order valence-corrected chi connectivity index (χ4v) is 1.54. The van der Waals surface area contributed by atoms with Gasteiger partial charge in [0, 0.05) is 12.0 Å². The molecular formula is C13H16O4. The van der Waals surface area contributed by atoms with Crippen LogP contribution in [0.5, 0.6) is 5.75 Å². The topological polar surface area (TPSA) is 63.6 Å². The van der Waals surface area contributed by atoms with E-state index in [1.807, 2.05) is 6.92 Å². The van der Waals surface area contributed by atoms with Gasteiger partial charge in [-0.1, -0.05) is 13.3 Å². The number of carbonyl (C=O) groups excluding carboxylic acids is 1. The molecule has 0 radical (unpaired) electrons. The van der Waals surface area contributed by atoms with Crippen LogP contribution in [0.3, 0.4) is 0 Å². The molecule has 1 N–H and O–H groups in total. The Labute approximate surface area is 100 Å². The van der Waals surface area contributed by atoms with Crippen molar-refractivity contribution in [1.82, 2.24) is 0 Å². The summed E-state index contributed by atoms with van der Waals surface area (Å²) in [7, 11) is 1.48. The van der Waals surface area contributed by atoms with Crippen LogP contribution >= 0.6 is 0 Å². The summed E-state index contributed by atoms with van der Waals surface area (Å²) in [6.45, 7) is 1.98. The van der Waals surface area contributed by atoms with Crippen molar-refractivity contribution in [2.24, 2.45) is 0 Å². The Morgan fingerprint density at radius 3 is 2.53 bits per heavy atom. The van der Waals surface area contributed by atoms with Crippen molar-refractivity contribution >= 4 is 11.8 Å². The molecule has 17 heavy (non-hydrogen) atoms. The largest absolute Gasteiger partial charge is 0.497 e. The molecule has 92 valence electrons. The fraction of sp³-hybridized carbons (Fsp3) is 0.385. The summed E-state index contributed by atoms with van der Waals surface area (Å²) in [5, 5.41) is 9.01. The van der Waals surface area contributed by atoms with Gasteiger partial charge in [-0.25, -0.2) is 4.79 Å². The van der Waals surface area contributed by atoms with Gasteiger partial charge in [-0.2, -0.15) is 0 Å². The first-order valence-corrected chi connectivity index (χ1v) is 5.54. The zero-order valence-electron chi connectivity index (χ0n) is 10.0. The number of carboxylic acids is 1. The number of hydrogen-bond acceptors (Lipinski definition) is 3. The van der Waals surface area contributed by atoms with E-state index in [1.165, 1.54) is 19.2 Å². The average molecular weight is 236 g/mol. The van der Waals surface area contributed by atoms with Crippen LogP contribution in [-0.2, 0) is 0 Å². The fourth-order valence-electron chi connectivity index (χ4n) is 1.54. The molecule has 1 aromatic rings. The number of Topliss-reactive ketones (excluding diaryl/α,β-unsaturated/α-hetero) is 1. The van der Waals surface area contributed by atoms with Crippen molar-refractivity contribution in [3.05, 3.63) is 29.3 Å². The lowest BCUT2D eigenvalue weighted by atomic mass is 9.99. The van der Waals surface area contributed by atoms with Crippen LogP contribution in [0.4, 0.5) is 0 Å². The standard InChI is InChI=1S/C13H16O4/c1-3-4-5-12(14)11-8-9(17-2)6-7-10(11)13(15)16/h6-8H,3-5H2,1-2H3,(H,15,16). The molecule has 0 heterocycles. The molecule has 0 atom stereocenters. The summed E-state index contributed by atoms with van der Waals surface area (Å²) in [6, 6.07) is 4.43. The number of hydrogen-bond donors (Lipinski definition) is 1. The van der Waals surface area contributed by atoms with Crippen molar-refractivity contribution in [2.75, 3.05) is 7.11 Å². The minimum absolute atomic E-state index is 0.0342. The molecule has 1 aromatic carbocycles. The van der Waals surface area contributed by atoms with E-state index in [0.717, 1.165) is 12.8 Å². The molecule has 1 rings (SSSR count). The third-order valence-corrected chi connectivity index (χ3v) is 2.51. The van der Waals surface area contributed by atoms with Crippen LogP contribution in [0, 0.1) is 0 Å². The van der Waals surface area contributed by atoms with Gasteiger partial charge >= 0.3 is 5.97 Å². The molecule has 0 bridgehead atoms. The average Bonchev–Trinajstić information content (AvgIpc) is 2.34. The maximum Gasteiger partial charge on any atom is 0.336 e. The van der Waals surface area contributed by atoms with Crippen LogP contribution in [0.2, 0.25) is 0 Å². The van der Waals surface area contributed by atoms with E-state index in [1.54, 1.807) is 6.07 Å². The first kappa shape index (κ1) is 13.2. The second-order valence-electron chi connectivity index (χ2n) is 3.74. The second-order valence-corrected chi connectivity index (χ2v) is 3.74. The van der Waals surface area contributed by atoms with Crippen molar-refractivity contribution < 1.29 is 19.4 Å². The van der Waals surface area contributed by atoms with E-state index in [9.17, 15) is 9.59 Å². The Kier molecular flexibility index (Phi) is 4.69. The number of methoxy groups -OCH3 is 1. The Hall–Kier alpha value is -1.84. The Morgan fingerprint density at radius 1 is 1.29 bits per heavy atom. The van der Waals surface area contributed by atoms with Crippen molar-refractivity contribution in [2.45, 2.75) is 26.2 Å². The number of ketones is 1. The van der Waals surface area contributed by atoms with Crippen LogP contribution in [0.15, 0.2) is 18.2 Å². The van der Waals surface area contributed by atoms with E-state index < -0.39 is 5.97 Å². The van der Waals surface area contributed by atoms with Crippen LogP contribution in [0.25, 0.3) is 0 Å². The number of unbranched alkanes of at least 4 members (excludes halogenated alkanes) is 1. The number of ether oxygens (including phenoxy) is 1. The molecule has 0 fully saturated rings. The zero-order valence-corrected chi connectivity index (χ0v) is 10.0. The van der Waals surface area contributed by atoms with Gasteiger partial charge < -0.3 is 9.84 Å². The van der Waals surface area contributed by atoms with Gasteiger partial charge in [-0.3, -0.25) is 4.79 Å². The quantitative estimate of drug-likeness (QED) is 0.771. The smallest absolute Gasteiger partial charge is 0.336 e. The Morgan fingerprint density at radius 2 is 2.00 bits per heavy atom. The highest BCUT2D eigenvalue weighted by molar-refractivity contribution is 6.06. The molecule has 0 aliphatic carbocycles. The predicted octanol–water partition coefficient (Wildman–Crippen LogP) is 2.77. The lowest BCUT2D eigenvalue weighted by molar-refractivity contribution is 0.0691. The van der Waals surface area contributed by atoms with Gasteiger partial charge in [0.25, 0.3) is 0 Å². The van der Waals surface area contributed by atoms with E-state index in [-0.39, 0.29) is 16.9 Å². The summed E-state index contributed by atoms with van der Waals surface area (Å²) in [5.74, 6) is -0.745. The minimum atomic E-state index is -1.09. The van der Waals surface area contributed by atoms with Crippen LogP contribution in [-0.4, -0.2) is 24.0 Å². The molecule has 0 aliphatic heterocycles. The maximum atomic E-state index is 11.9. The molecule has 0 aromatic heterocycles. The summed E-state index contributed by atoms with van der Waals surface area (Å²) in [5.41, 5.74) is 0.261. The van der Waals surface area contributed by atoms with Crippen LogP contribution < -0.4 is 4.74 Å². The van der Waals surface area contributed by atoms with E-state index in [2.05, 4.69) is 0 Å². The van der Waals surface area contributed by atoms with E-state index in [4.69, 9.17) is 9.84 Å². The highest BCUT2D eigenvalue weighted by Crippen LogP contribution is 2.20. The summed E-state index contributed by atoms with van der Waals surface area (Å²) in [6.07, 6.45) is 2.02. The minimum Gasteiger partial charge on any atom is -0.497 e. The highest BCUT2D eigenvalue weighted by Gasteiger charge is 2.16. The SMILES string of the molecule is CCCCC(=O)c1cc(OC)ccc1C(=O)O. The first-order valence-electron chi connectivity index (χ1n) is 5.54. The van der Waals surface area contributed by atoms with E-state index in [0.29, 0.717) is 12.2 Å². The zero-order chi connectivity index (χ0) is 12.8. The Bertz CT molecular complexity index is 423. The molecule has 4 heteroatoms. The molecule has 0 aliphatic rings. The van der Waals surface area contributed by atoms with Gasteiger partial charge in [0.05, 0.1) is 12.7 Å². The molecule has 0 unspecified atom stereocenters. The van der Waals surface area contributed by atoms with Gasteiger partial charge in [0.2, 0.25) is 0 Å². The third kappa shape index (κ3) is 3.31. The number of carbonyl (C=O) groups is 2. The maximum absolute atomic E-state index is 11.9.